The summed E-state index contributed by atoms with van der Waals surface area (Å²) in [5, 5.41) is 0. The average Bonchev–Trinajstić information content (AvgIpc) is 2.82. The summed E-state index contributed by atoms with van der Waals surface area (Å²) in [6, 6.07) is 13.0. The van der Waals surface area contributed by atoms with Gasteiger partial charge in [0.25, 0.3) is 0 Å². The van der Waals surface area contributed by atoms with Crippen LogP contribution in [0.1, 0.15) is 5.69 Å². The Balaban J connectivity index is 2.10. The Kier molecular flexibility index (Phi) is 2.76. The molecule has 2 aromatic heterocycles. The summed E-state index contributed by atoms with van der Waals surface area (Å²) in [5.74, 6) is 0.675. The van der Waals surface area contributed by atoms with Crippen LogP contribution in [0.15, 0.2) is 53.5 Å². The number of H-pyrrole nitrogens is 2. The van der Waals surface area contributed by atoms with E-state index in [1.807, 2.05) is 37.3 Å². The molecule has 0 aliphatic carbocycles. The summed E-state index contributed by atoms with van der Waals surface area (Å²) >= 11 is 0. The van der Waals surface area contributed by atoms with Gasteiger partial charge in [-0.2, -0.15) is 0 Å². The van der Waals surface area contributed by atoms with Crippen LogP contribution in [0, 0.1) is 6.92 Å². The van der Waals surface area contributed by atoms with Gasteiger partial charge in [0.05, 0.1) is 11.4 Å². The van der Waals surface area contributed by atoms with Crippen molar-refractivity contribution in [1.29, 1.82) is 0 Å². The molecule has 3 rings (SSSR count). The highest BCUT2D eigenvalue weighted by Gasteiger charge is 2.10. The minimum Gasteiger partial charge on any atom is -0.358 e. The van der Waals surface area contributed by atoms with Gasteiger partial charge >= 0.3 is 0 Å². The van der Waals surface area contributed by atoms with E-state index in [0.29, 0.717) is 11.5 Å². The molecule has 94 valence electrons. The summed E-state index contributed by atoms with van der Waals surface area (Å²) in [7, 11) is 0. The van der Waals surface area contributed by atoms with Crippen LogP contribution in [0.2, 0.25) is 0 Å². The highest BCUT2D eigenvalue weighted by Crippen LogP contribution is 2.23. The number of hydrogen-bond acceptors (Lipinski definition) is 2. The van der Waals surface area contributed by atoms with Crippen molar-refractivity contribution in [2.24, 2.45) is 0 Å². The first-order valence-electron chi connectivity index (χ1n) is 6.05. The number of aryl methyl sites for hydroxylation is 1. The zero-order chi connectivity index (χ0) is 13.2. The number of pyridine rings is 1. The number of rotatable bonds is 2. The molecule has 2 heterocycles. The van der Waals surface area contributed by atoms with Gasteiger partial charge in [-0.05, 0) is 6.92 Å². The number of nitrogens with zero attached hydrogens (tertiary/aromatic N) is 1. The Bertz CT molecular complexity index is 756. The fraction of sp³-hybridized carbons (Fsp3) is 0.0667. The van der Waals surface area contributed by atoms with Crippen molar-refractivity contribution < 1.29 is 0 Å². The first-order valence-corrected chi connectivity index (χ1v) is 6.05. The van der Waals surface area contributed by atoms with E-state index in [0.717, 1.165) is 17.0 Å². The third kappa shape index (κ3) is 2.20. The van der Waals surface area contributed by atoms with Gasteiger partial charge in [-0.3, -0.25) is 4.79 Å². The number of imidazole rings is 1. The lowest BCUT2D eigenvalue weighted by Gasteiger charge is -1.96. The van der Waals surface area contributed by atoms with Crippen LogP contribution in [0.3, 0.4) is 0 Å². The molecule has 4 heteroatoms. The molecule has 2 N–H and O–H groups in total. The van der Waals surface area contributed by atoms with Crippen molar-refractivity contribution in [3.05, 3.63) is 64.6 Å². The standard InChI is InChI=1S/C15H13N3O/c1-10-14(11-5-3-2-4-6-11)18-15(17-10)13-9-12(19)7-8-16-13/h2-9H,1H3,(H,16,19)(H,17,18). The Hall–Kier alpha value is -2.62. The van der Waals surface area contributed by atoms with E-state index in [4.69, 9.17) is 0 Å². The van der Waals surface area contributed by atoms with Crippen molar-refractivity contribution in [1.82, 2.24) is 15.0 Å². The second-order valence-corrected chi connectivity index (χ2v) is 4.36. The summed E-state index contributed by atoms with van der Waals surface area (Å²) in [5.41, 5.74) is 3.59. The maximum absolute atomic E-state index is 11.4. The molecule has 0 saturated carbocycles. The molecule has 0 fully saturated rings. The summed E-state index contributed by atoms with van der Waals surface area (Å²) < 4.78 is 0. The lowest BCUT2D eigenvalue weighted by atomic mass is 10.1. The topological polar surface area (TPSA) is 61.5 Å². The minimum atomic E-state index is -0.0379. The molecule has 0 atom stereocenters. The average molecular weight is 251 g/mol. The molecule has 0 saturated heterocycles. The fourth-order valence-electron chi connectivity index (χ4n) is 2.05. The van der Waals surface area contributed by atoms with Gasteiger partial charge in [-0.25, -0.2) is 4.98 Å². The van der Waals surface area contributed by atoms with Crippen molar-refractivity contribution in [2.45, 2.75) is 6.92 Å². The summed E-state index contributed by atoms with van der Waals surface area (Å²) in [6.07, 6.45) is 1.62. The Morgan fingerprint density at radius 2 is 1.89 bits per heavy atom. The number of nitrogens with one attached hydrogen (secondary N) is 2. The zero-order valence-corrected chi connectivity index (χ0v) is 10.5. The van der Waals surface area contributed by atoms with Crippen LogP contribution in [0.4, 0.5) is 0 Å². The molecule has 0 bridgehead atoms. The molecule has 3 aromatic rings. The lowest BCUT2D eigenvalue weighted by Crippen LogP contribution is -1.98. The largest absolute Gasteiger partial charge is 0.358 e. The zero-order valence-electron chi connectivity index (χ0n) is 10.5. The molecule has 0 spiro atoms. The number of aromatic amines is 2. The van der Waals surface area contributed by atoms with E-state index in [1.165, 1.54) is 12.1 Å². The quantitative estimate of drug-likeness (QED) is 0.735. The van der Waals surface area contributed by atoms with Crippen LogP contribution in [-0.2, 0) is 0 Å². The van der Waals surface area contributed by atoms with Gasteiger partial charge in [0.2, 0.25) is 0 Å². The predicted molar refractivity (Wildman–Crippen MR) is 74.8 cm³/mol. The molecule has 19 heavy (non-hydrogen) atoms. The van der Waals surface area contributed by atoms with Gasteiger partial charge in [0, 0.05) is 29.6 Å². The number of benzene rings is 1. The van der Waals surface area contributed by atoms with Crippen LogP contribution in [-0.4, -0.2) is 15.0 Å². The fourth-order valence-corrected chi connectivity index (χ4v) is 2.05. The Morgan fingerprint density at radius 3 is 2.63 bits per heavy atom. The minimum absolute atomic E-state index is 0.0379. The molecule has 0 aliphatic rings. The van der Waals surface area contributed by atoms with Crippen LogP contribution < -0.4 is 5.43 Å². The first-order chi connectivity index (χ1) is 9.24. The number of hydrogen-bond donors (Lipinski definition) is 2. The molecule has 0 unspecified atom stereocenters. The Labute approximate surface area is 110 Å². The normalized spacial score (nSPS) is 10.6. The van der Waals surface area contributed by atoms with E-state index < -0.39 is 0 Å². The van der Waals surface area contributed by atoms with E-state index >= 15 is 0 Å². The second kappa shape index (κ2) is 4.57. The van der Waals surface area contributed by atoms with Crippen LogP contribution in [0.5, 0.6) is 0 Å². The molecular formula is C15H13N3O. The van der Waals surface area contributed by atoms with Gasteiger partial charge in [0.15, 0.2) is 11.3 Å². The highest BCUT2D eigenvalue weighted by molar-refractivity contribution is 5.65. The second-order valence-electron chi connectivity index (χ2n) is 4.36. The van der Waals surface area contributed by atoms with Crippen LogP contribution >= 0.6 is 0 Å². The van der Waals surface area contributed by atoms with E-state index in [2.05, 4.69) is 15.0 Å². The van der Waals surface area contributed by atoms with Gasteiger partial charge in [0.1, 0.15) is 0 Å². The van der Waals surface area contributed by atoms with Crippen molar-refractivity contribution in [3.63, 3.8) is 0 Å². The molecular weight excluding hydrogens is 238 g/mol. The Morgan fingerprint density at radius 1 is 1.11 bits per heavy atom. The molecule has 0 radical (unpaired) electrons. The highest BCUT2D eigenvalue weighted by atomic mass is 16.1. The maximum Gasteiger partial charge on any atom is 0.182 e. The predicted octanol–water partition coefficient (Wildman–Crippen LogP) is 2.74. The lowest BCUT2D eigenvalue weighted by molar-refractivity contribution is 1.19. The van der Waals surface area contributed by atoms with E-state index in [9.17, 15) is 4.79 Å². The maximum atomic E-state index is 11.4. The third-order valence-electron chi connectivity index (χ3n) is 2.96. The smallest absolute Gasteiger partial charge is 0.182 e. The third-order valence-corrected chi connectivity index (χ3v) is 2.96. The van der Waals surface area contributed by atoms with Crippen LogP contribution in [0.25, 0.3) is 22.8 Å². The van der Waals surface area contributed by atoms with Gasteiger partial charge in [-0.1, -0.05) is 30.3 Å². The summed E-state index contributed by atoms with van der Waals surface area (Å²) in [4.78, 5) is 22.2. The molecule has 0 aliphatic heterocycles. The van der Waals surface area contributed by atoms with Crippen molar-refractivity contribution in [2.75, 3.05) is 0 Å². The molecule has 0 amide bonds. The van der Waals surface area contributed by atoms with E-state index in [-0.39, 0.29) is 5.43 Å². The first kappa shape index (κ1) is 11.5. The van der Waals surface area contributed by atoms with Crippen molar-refractivity contribution in [3.8, 4) is 22.8 Å². The van der Waals surface area contributed by atoms with Gasteiger partial charge in [-0.15, -0.1) is 0 Å². The van der Waals surface area contributed by atoms with E-state index in [1.54, 1.807) is 6.20 Å². The van der Waals surface area contributed by atoms with Crippen molar-refractivity contribution >= 4 is 0 Å². The SMILES string of the molecule is Cc1[nH]c(-c2cc(=O)cc[nH]2)nc1-c1ccccc1. The summed E-state index contributed by atoms with van der Waals surface area (Å²) in [6.45, 7) is 1.97. The monoisotopic (exact) mass is 251 g/mol. The molecule has 4 nitrogen and oxygen atoms in total. The molecule has 1 aromatic carbocycles. The number of aromatic nitrogens is 3. The van der Waals surface area contributed by atoms with Gasteiger partial charge < -0.3 is 9.97 Å².